The van der Waals surface area contributed by atoms with Gasteiger partial charge in [-0.05, 0) is 36.6 Å². The van der Waals surface area contributed by atoms with Crippen LogP contribution in [0.5, 0.6) is 0 Å². The maximum atomic E-state index is 14.1. The number of rotatable bonds is 4. The molecule has 2 aromatic rings. The van der Waals surface area contributed by atoms with E-state index in [1.807, 2.05) is 6.07 Å². The van der Waals surface area contributed by atoms with E-state index in [9.17, 15) is 13.2 Å². The molecule has 0 bridgehead atoms. The highest BCUT2D eigenvalue weighted by molar-refractivity contribution is 5.46. The molecule has 2 aliphatic rings. The molecule has 2 unspecified atom stereocenters. The van der Waals surface area contributed by atoms with Gasteiger partial charge in [-0.2, -0.15) is 0 Å². The molecule has 0 aromatic heterocycles. The molecule has 1 heterocycles. The van der Waals surface area contributed by atoms with E-state index in [0.717, 1.165) is 38.8 Å². The van der Waals surface area contributed by atoms with Crippen LogP contribution in [-0.4, -0.2) is 43.7 Å². The zero-order valence-corrected chi connectivity index (χ0v) is 16.3. The molecule has 2 N–H and O–H groups in total. The van der Waals surface area contributed by atoms with E-state index in [-0.39, 0.29) is 17.5 Å². The largest absolute Gasteiger partial charge is 0.369 e. The summed E-state index contributed by atoms with van der Waals surface area (Å²) in [6.07, 6.45) is 3.28. The van der Waals surface area contributed by atoms with Crippen LogP contribution in [0.4, 0.5) is 18.9 Å². The quantitative estimate of drug-likeness (QED) is 0.620. The molecule has 0 amide bonds. The zero-order chi connectivity index (χ0) is 20.4. The minimum Gasteiger partial charge on any atom is -0.369 e. The molecule has 3 nitrogen and oxygen atoms in total. The van der Waals surface area contributed by atoms with Gasteiger partial charge >= 0.3 is 0 Å². The van der Waals surface area contributed by atoms with Crippen molar-refractivity contribution < 1.29 is 13.2 Å². The van der Waals surface area contributed by atoms with Gasteiger partial charge in [0.15, 0.2) is 11.6 Å². The molecule has 1 aliphatic heterocycles. The molecule has 0 radical (unpaired) electrons. The van der Waals surface area contributed by atoms with Crippen molar-refractivity contribution in [3.8, 4) is 0 Å². The fourth-order valence-electron chi connectivity index (χ4n) is 4.40. The van der Waals surface area contributed by atoms with Crippen LogP contribution in [-0.2, 0) is 0 Å². The summed E-state index contributed by atoms with van der Waals surface area (Å²) in [5.74, 6) is -3.25. The van der Waals surface area contributed by atoms with Gasteiger partial charge in [0.25, 0.3) is 0 Å². The molecule has 4 rings (SSSR count). The molecule has 154 valence electrons. The van der Waals surface area contributed by atoms with Crippen molar-refractivity contribution in [1.29, 1.82) is 0 Å². The Morgan fingerprint density at radius 2 is 1.59 bits per heavy atom. The Hall–Kier alpha value is -2.31. The highest BCUT2D eigenvalue weighted by atomic mass is 19.2. The maximum Gasteiger partial charge on any atom is 0.161 e. The van der Waals surface area contributed by atoms with Gasteiger partial charge < -0.3 is 10.6 Å². The molecule has 1 fully saturated rings. The summed E-state index contributed by atoms with van der Waals surface area (Å²) >= 11 is 0. The monoisotopic (exact) mass is 401 g/mol. The second-order valence-electron chi connectivity index (χ2n) is 7.96. The molecule has 6 heteroatoms. The van der Waals surface area contributed by atoms with Gasteiger partial charge in [-0.1, -0.05) is 29.8 Å². The van der Waals surface area contributed by atoms with E-state index >= 15 is 0 Å². The minimum atomic E-state index is -1.17. The lowest BCUT2D eigenvalue weighted by Crippen LogP contribution is -2.47. The highest BCUT2D eigenvalue weighted by Gasteiger charge is 2.28. The van der Waals surface area contributed by atoms with Crippen LogP contribution in [0.25, 0.3) is 0 Å². The first-order valence-corrected chi connectivity index (χ1v) is 10.1. The fraction of sp³-hybridized carbons (Fsp3) is 0.391. The van der Waals surface area contributed by atoms with Crippen LogP contribution >= 0.6 is 0 Å². The Kier molecular flexibility index (Phi) is 5.92. The van der Waals surface area contributed by atoms with Crippen molar-refractivity contribution in [3.63, 3.8) is 0 Å². The predicted octanol–water partition coefficient (Wildman–Crippen LogP) is 4.06. The van der Waals surface area contributed by atoms with Crippen molar-refractivity contribution in [1.82, 2.24) is 4.90 Å². The van der Waals surface area contributed by atoms with Gasteiger partial charge in [-0.25, -0.2) is 13.2 Å². The van der Waals surface area contributed by atoms with E-state index < -0.39 is 17.5 Å². The summed E-state index contributed by atoms with van der Waals surface area (Å²) in [6, 6.07) is 11.7. The molecule has 1 saturated heterocycles. The van der Waals surface area contributed by atoms with Crippen LogP contribution in [0.1, 0.15) is 24.3 Å². The summed E-state index contributed by atoms with van der Waals surface area (Å²) in [7, 11) is 0. The molecule has 2 atom stereocenters. The normalized spacial score (nSPS) is 23.2. The second-order valence-corrected chi connectivity index (χ2v) is 7.96. The summed E-state index contributed by atoms with van der Waals surface area (Å²) in [5.41, 5.74) is 8.97. The first kappa shape index (κ1) is 20.0. The number of benzene rings is 2. The lowest BCUT2D eigenvalue weighted by Gasteiger charge is -2.38. The van der Waals surface area contributed by atoms with E-state index in [4.69, 9.17) is 5.73 Å². The van der Waals surface area contributed by atoms with Crippen LogP contribution < -0.4 is 10.6 Å². The Labute approximate surface area is 169 Å². The number of allylic oxidation sites excluding steroid dienone is 1. The van der Waals surface area contributed by atoms with E-state index in [1.54, 1.807) is 0 Å². The third-order valence-electron chi connectivity index (χ3n) is 6.03. The second kappa shape index (κ2) is 8.59. The lowest BCUT2D eigenvalue weighted by atomic mass is 9.80. The first-order chi connectivity index (χ1) is 14.0. The summed E-state index contributed by atoms with van der Waals surface area (Å²) in [5, 5.41) is 0. The third kappa shape index (κ3) is 4.49. The maximum absolute atomic E-state index is 14.1. The Bertz CT molecular complexity index is 876. The summed E-state index contributed by atoms with van der Waals surface area (Å²) < 4.78 is 40.9. The van der Waals surface area contributed by atoms with E-state index in [0.29, 0.717) is 18.9 Å². The number of hydrogen-bond acceptors (Lipinski definition) is 3. The summed E-state index contributed by atoms with van der Waals surface area (Å²) in [4.78, 5) is 4.80. The number of para-hydroxylation sites is 1. The van der Waals surface area contributed by atoms with Crippen molar-refractivity contribution in [3.05, 3.63) is 77.1 Å². The van der Waals surface area contributed by atoms with Gasteiger partial charge in [0, 0.05) is 56.4 Å². The van der Waals surface area contributed by atoms with Crippen molar-refractivity contribution in [2.75, 3.05) is 37.6 Å². The smallest absolute Gasteiger partial charge is 0.161 e. The Morgan fingerprint density at radius 1 is 0.897 bits per heavy atom. The Balaban J connectivity index is 1.35. The average Bonchev–Trinajstić information content (AvgIpc) is 2.72. The van der Waals surface area contributed by atoms with Gasteiger partial charge in [0.2, 0.25) is 0 Å². The van der Waals surface area contributed by atoms with Crippen molar-refractivity contribution in [2.45, 2.75) is 24.8 Å². The van der Waals surface area contributed by atoms with Gasteiger partial charge in [0.1, 0.15) is 5.82 Å². The molecule has 29 heavy (non-hydrogen) atoms. The average molecular weight is 401 g/mol. The molecule has 1 aliphatic carbocycles. The number of nitrogens with two attached hydrogens (primary N) is 1. The molecule has 0 spiro atoms. The number of nitrogens with zero attached hydrogens (tertiary/aromatic N) is 2. The van der Waals surface area contributed by atoms with Gasteiger partial charge in [0.05, 0.1) is 0 Å². The zero-order valence-electron chi connectivity index (χ0n) is 16.3. The summed E-state index contributed by atoms with van der Waals surface area (Å²) in [6.45, 7) is 4.76. The third-order valence-corrected chi connectivity index (χ3v) is 6.03. The van der Waals surface area contributed by atoms with E-state index in [2.05, 4.69) is 40.1 Å². The van der Waals surface area contributed by atoms with Gasteiger partial charge in [-0.15, -0.1) is 0 Å². The van der Waals surface area contributed by atoms with Crippen LogP contribution in [0.15, 0.2) is 54.1 Å². The highest BCUT2D eigenvalue weighted by Crippen LogP contribution is 2.34. The molecular weight excluding hydrogens is 375 g/mol. The number of anilines is 1. The predicted molar refractivity (Wildman–Crippen MR) is 109 cm³/mol. The van der Waals surface area contributed by atoms with Gasteiger partial charge in [-0.3, -0.25) is 4.90 Å². The van der Waals surface area contributed by atoms with Crippen molar-refractivity contribution >= 4 is 5.69 Å². The van der Waals surface area contributed by atoms with Crippen LogP contribution in [0, 0.1) is 17.5 Å². The van der Waals surface area contributed by atoms with Crippen LogP contribution in [0.2, 0.25) is 0 Å². The first-order valence-electron chi connectivity index (χ1n) is 10.1. The SMILES string of the molecule is NC1CC(CN2CCN(c3ccccc3)CC2)=CCC1c1cc(F)c(F)cc1F. The number of piperazine rings is 1. The molecular formula is C23H26F3N3. The van der Waals surface area contributed by atoms with Crippen LogP contribution in [0.3, 0.4) is 0 Å². The Morgan fingerprint density at radius 3 is 2.28 bits per heavy atom. The van der Waals surface area contributed by atoms with Crippen molar-refractivity contribution in [2.24, 2.45) is 5.73 Å². The number of hydrogen-bond donors (Lipinski definition) is 1. The topological polar surface area (TPSA) is 32.5 Å². The standard InChI is InChI=1S/C23H26F3N3/c24-20-14-22(26)21(25)13-19(20)18-7-6-16(12-23(18)27)15-28-8-10-29(11-9-28)17-4-2-1-3-5-17/h1-6,13-14,18,23H,7-12,15,27H2. The lowest BCUT2D eigenvalue weighted by molar-refractivity contribution is 0.271. The number of halogens is 3. The van der Waals surface area contributed by atoms with E-state index in [1.165, 1.54) is 11.3 Å². The minimum absolute atomic E-state index is 0.170. The molecule has 0 saturated carbocycles. The fourth-order valence-corrected chi connectivity index (χ4v) is 4.40. The molecule has 2 aromatic carbocycles.